The van der Waals surface area contributed by atoms with E-state index < -0.39 is 0 Å². The molecule has 4 nitrogen and oxygen atoms in total. The third-order valence-corrected chi connectivity index (χ3v) is 4.81. The van der Waals surface area contributed by atoms with E-state index in [2.05, 4.69) is 28.2 Å². The van der Waals surface area contributed by atoms with Crippen molar-refractivity contribution in [3.8, 4) is 16.5 Å². The molecule has 1 aromatic carbocycles. The minimum Gasteiger partial charge on any atom is -0.294 e. The second-order valence-electron chi connectivity index (χ2n) is 5.24. The summed E-state index contributed by atoms with van der Waals surface area (Å²) in [5.41, 5.74) is 1.59. The van der Waals surface area contributed by atoms with E-state index in [4.69, 9.17) is 0 Å². The number of ketones is 1. The summed E-state index contributed by atoms with van der Waals surface area (Å²) < 4.78 is 3.09. The standard InChI is InChI=1S/C18H13N3OS/c1-12(22)14-9-15(21(11-14)18-19-7-4-8-20-18)17-10-13-5-2-3-6-16(13)23-17/h2-11H,1H3. The number of carbonyl (C=O) groups excluding carboxylic acids is 1. The van der Waals surface area contributed by atoms with Gasteiger partial charge in [-0.15, -0.1) is 11.3 Å². The summed E-state index contributed by atoms with van der Waals surface area (Å²) in [6.07, 6.45) is 5.20. The molecule has 4 rings (SSSR count). The van der Waals surface area contributed by atoms with Crippen molar-refractivity contribution in [3.05, 3.63) is 66.6 Å². The van der Waals surface area contributed by atoms with Gasteiger partial charge in [-0.1, -0.05) is 18.2 Å². The molecule has 112 valence electrons. The zero-order chi connectivity index (χ0) is 15.8. The summed E-state index contributed by atoms with van der Waals surface area (Å²) in [5, 5.41) is 1.19. The number of carbonyl (C=O) groups is 1. The van der Waals surface area contributed by atoms with Crippen LogP contribution in [0.5, 0.6) is 0 Å². The Bertz CT molecular complexity index is 968. The number of Topliss-reactive ketones (excluding diaryl/α,β-unsaturated/α-hetero) is 1. The summed E-state index contributed by atoms with van der Waals surface area (Å²) >= 11 is 1.70. The highest BCUT2D eigenvalue weighted by atomic mass is 32.1. The van der Waals surface area contributed by atoms with E-state index in [-0.39, 0.29) is 5.78 Å². The Labute approximate surface area is 137 Å². The van der Waals surface area contributed by atoms with Crippen LogP contribution in [0.4, 0.5) is 0 Å². The molecule has 0 unspecified atom stereocenters. The molecule has 0 fully saturated rings. The first-order chi connectivity index (χ1) is 11.2. The molecular formula is C18H13N3OS. The molecule has 0 radical (unpaired) electrons. The largest absolute Gasteiger partial charge is 0.294 e. The number of aromatic nitrogens is 3. The van der Waals surface area contributed by atoms with Crippen molar-refractivity contribution in [2.45, 2.75) is 6.92 Å². The van der Waals surface area contributed by atoms with Gasteiger partial charge in [-0.25, -0.2) is 9.97 Å². The highest BCUT2D eigenvalue weighted by Gasteiger charge is 2.15. The summed E-state index contributed by atoms with van der Waals surface area (Å²) in [5.74, 6) is 0.592. The molecule has 0 bridgehead atoms. The fourth-order valence-corrected chi connectivity index (χ4v) is 3.61. The van der Waals surface area contributed by atoms with Crippen LogP contribution in [0.1, 0.15) is 17.3 Å². The van der Waals surface area contributed by atoms with Gasteiger partial charge in [-0.05, 0) is 36.6 Å². The number of benzene rings is 1. The second-order valence-corrected chi connectivity index (χ2v) is 6.32. The Hall–Kier alpha value is -2.79. The van der Waals surface area contributed by atoms with Crippen LogP contribution >= 0.6 is 11.3 Å². The van der Waals surface area contributed by atoms with Crippen LogP contribution in [-0.4, -0.2) is 20.3 Å². The van der Waals surface area contributed by atoms with Gasteiger partial charge in [0.05, 0.1) is 10.6 Å². The van der Waals surface area contributed by atoms with Crippen molar-refractivity contribution in [2.24, 2.45) is 0 Å². The second kappa shape index (κ2) is 5.44. The van der Waals surface area contributed by atoms with Crippen LogP contribution in [0.2, 0.25) is 0 Å². The molecule has 0 amide bonds. The van der Waals surface area contributed by atoms with Gasteiger partial charge >= 0.3 is 0 Å². The maximum absolute atomic E-state index is 11.8. The molecule has 0 spiro atoms. The zero-order valence-corrected chi connectivity index (χ0v) is 13.2. The minimum atomic E-state index is 0.0297. The van der Waals surface area contributed by atoms with Gasteiger partial charge in [0.25, 0.3) is 0 Å². The van der Waals surface area contributed by atoms with Crippen molar-refractivity contribution in [3.63, 3.8) is 0 Å². The maximum atomic E-state index is 11.8. The van der Waals surface area contributed by atoms with Crippen LogP contribution < -0.4 is 0 Å². The van der Waals surface area contributed by atoms with Crippen LogP contribution in [0.25, 0.3) is 26.6 Å². The fourth-order valence-electron chi connectivity index (χ4n) is 2.53. The first kappa shape index (κ1) is 13.8. The Morgan fingerprint density at radius 3 is 2.61 bits per heavy atom. The third-order valence-electron chi connectivity index (χ3n) is 3.67. The molecule has 3 aromatic heterocycles. The fraction of sp³-hybridized carbons (Fsp3) is 0.0556. The number of hydrogen-bond acceptors (Lipinski definition) is 4. The number of thiophene rings is 1. The number of rotatable bonds is 3. The normalized spacial score (nSPS) is 11.0. The molecule has 0 atom stereocenters. The number of hydrogen-bond donors (Lipinski definition) is 0. The average molecular weight is 319 g/mol. The molecule has 0 N–H and O–H groups in total. The highest BCUT2D eigenvalue weighted by molar-refractivity contribution is 7.22. The maximum Gasteiger partial charge on any atom is 0.234 e. The topological polar surface area (TPSA) is 47.8 Å². The lowest BCUT2D eigenvalue weighted by molar-refractivity contribution is 0.101. The predicted molar refractivity (Wildman–Crippen MR) is 92.2 cm³/mol. The molecular weight excluding hydrogens is 306 g/mol. The third kappa shape index (κ3) is 2.45. The molecule has 3 heterocycles. The Kier molecular flexibility index (Phi) is 3.28. The highest BCUT2D eigenvalue weighted by Crippen LogP contribution is 2.35. The van der Waals surface area contributed by atoms with E-state index in [1.54, 1.807) is 42.9 Å². The van der Waals surface area contributed by atoms with E-state index in [1.165, 1.54) is 10.1 Å². The summed E-state index contributed by atoms with van der Waals surface area (Å²) in [6.45, 7) is 1.57. The first-order valence-electron chi connectivity index (χ1n) is 7.22. The van der Waals surface area contributed by atoms with Crippen LogP contribution in [0, 0.1) is 0 Å². The molecule has 0 saturated heterocycles. The summed E-state index contributed by atoms with van der Waals surface area (Å²) in [7, 11) is 0. The lowest BCUT2D eigenvalue weighted by atomic mass is 10.2. The Morgan fingerprint density at radius 1 is 1.09 bits per heavy atom. The molecule has 0 aliphatic carbocycles. The van der Waals surface area contributed by atoms with Crippen molar-refractivity contribution < 1.29 is 4.79 Å². The first-order valence-corrected chi connectivity index (χ1v) is 8.04. The van der Waals surface area contributed by atoms with E-state index in [0.717, 1.165) is 10.6 Å². The van der Waals surface area contributed by atoms with Gasteiger partial charge in [-0.3, -0.25) is 9.36 Å². The van der Waals surface area contributed by atoms with Crippen molar-refractivity contribution in [2.75, 3.05) is 0 Å². The summed E-state index contributed by atoms with van der Waals surface area (Å²) in [6, 6.07) is 14.1. The van der Waals surface area contributed by atoms with E-state index in [1.807, 2.05) is 22.8 Å². The van der Waals surface area contributed by atoms with Crippen LogP contribution in [0.15, 0.2) is 61.1 Å². The van der Waals surface area contributed by atoms with E-state index in [9.17, 15) is 4.79 Å². The van der Waals surface area contributed by atoms with Crippen LogP contribution in [0.3, 0.4) is 0 Å². The van der Waals surface area contributed by atoms with E-state index >= 15 is 0 Å². The average Bonchev–Trinajstić information content (AvgIpc) is 3.19. The van der Waals surface area contributed by atoms with Gasteiger partial charge < -0.3 is 0 Å². The Morgan fingerprint density at radius 2 is 1.87 bits per heavy atom. The van der Waals surface area contributed by atoms with Gasteiger partial charge in [0.2, 0.25) is 5.95 Å². The zero-order valence-electron chi connectivity index (χ0n) is 12.4. The monoisotopic (exact) mass is 319 g/mol. The molecule has 4 aromatic rings. The summed E-state index contributed by atoms with van der Waals surface area (Å²) in [4.78, 5) is 21.5. The lowest BCUT2D eigenvalue weighted by Crippen LogP contribution is -2.00. The molecule has 0 aliphatic heterocycles. The molecule has 23 heavy (non-hydrogen) atoms. The van der Waals surface area contributed by atoms with Gasteiger partial charge in [0, 0.05) is 28.9 Å². The van der Waals surface area contributed by atoms with Crippen molar-refractivity contribution >= 4 is 27.2 Å². The predicted octanol–water partition coefficient (Wildman–Crippen LogP) is 4.35. The molecule has 0 aliphatic rings. The Balaban J connectivity index is 1.94. The quantitative estimate of drug-likeness (QED) is 0.527. The van der Waals surface area contributed by atoms with Crippen LogP contribution in [-0.2, 0) is 0 Å². The van der Waals surface area contributed by atoms with Crippen molar-refractivity contribution in [1.29, 1.82) is 0 Å². The lowest BCUT2D eigenvalue weighted by Gasteiger charge is -2.04. The van der Waals surface area contributed by atoms with Gasteiger partial charge in [0.1, 0.15) is 0 Å². The SMILES string of the molecule is CC(=O)c1cc(-c2cc3ccccc3s2)n(-c2ncccn2)c1. The van der Waals surface area contributed by atoms with E-state index in [0.29, 0.717) is 11.5 Å². The number of fused-ring (bicyclic) bond motifs is 1. The smallest absolute Gasteiger partial charge is 0.234 e. The number of nitrogens with zero attached hydrogens (tertiary/aromatic N) is 3. The molecule has 0 saturated carbocycles. The van der Waals surface area contributed by atoms with Crippen molar-refractivity contribution in [1.82, 2.24) is 14.5 Å². The van der Waals surface area contributed by atoms with Gasteiger partial charge in [-0.2, -0.15) is 0 Å². The minimum absolute atomic E-state index is 0.0297. The molecule has 5 heteroatoms. The van der Waals surface area contributed by atoms with Gasteiger partial charge in [0.15, 0.2) is 5.78 Å².